The van der Waals surface area contributed by atoms with Crippen molar-refractivity contribution < 1.29 is 21.3 Å². The second-order valence-electron chi connectivity index (χ2n) is 12.5. The Morgan fingerprint density at radius 3 is 1.69 bits per heavy atom. The van der Waals surface area contributed by atoms with Crippen LogP contribution in [0.3, 0.4) is 0 Å². The summed E-state index contributed by atoms with van der Waals surface area (Å²) in [5.41, 5.74) is 11.7. The van der Waals surface area contributed by atoms with E-state index in [9.17, 15) is 4.79 Å². The number of carbonyl (C=O) groups is 1. The minimum atomic E-state index is -0.122. The third-order valence-electron chi connectivity index (χ3n) is 9.11. The summed E-state index contributed by atoms with van der Waals surface area (Å²) in [7, 11) is 0. The van der Waals surface area contributed by atoms with Crippen LogP contribution in [-0.4, -0.2) is 25.7 Å². The molecule has 0 fully saturated rings. The van der Waals surface area contributed by atoms with Crippen LogP contribution in [0.15, 0.2) is 134 Å². The third-order valence-corrected chi connectivity index (χ3v) is 9.11. The molecule has 0 atom stereocenters. The molecule has 9 rings (SSSR count). The first-order valence-electron chi connectivity index (χ1n) is 17.2. The van der Waals surface area contributed by atoms with E-state index in [2.05, 4.69) is 21.8 Å². The summed E-state index contributed by atoms with van der Waals surface area (Å²) in [6.07, 6.45) is 11.3. The molecule has 8 bridgehead atoms. The SMILES string of the molecule is O=C(Cc1c2nc(c(-c3ccccc3)c3ccc([n-]3)c(C#Cc3ccccn3)c3nc(c(-c4ccccc4)c4ccc1[n-]4)C=C3)C=C2)c1ccccn1.[Ni+2]. The predicted octanol–water partition coefficient (Wildman–Crippen LogP) is 8.86. The molecule has 2 aliphatic heterocycles. The molecular formula is C46H28N6NiO. The molecule has 0 radical (unpaired) electrons. The molecule has 0 unspecified atom stereocenters. The van der Waals surface area contributed by atoms with Crippen molar-refractivity contribution in [3.63, 3.8) is 0 Å². The quantitative estimate of drug-likeness (QED) is 0.0989. The average Bonchev–Trinajstić information content (AvgIpc) is 4.06. The molecular weight excluding hydrogens is 711 g/mol. The molecule has 0 spiro atoms. The Balaban J connectivity index is 0.00000413. The van der Waals surface area contributed by atoms with Crippen LogP contribution < -0.4 is 9.97 Å². The number of nitrogens with zero attached hydrogens (tertiary/aromatic N) is 6. The van der Waals surface area contributed by atoms with E-state index in [0.717, 1.165) is 44.7 Å². The van der Waals surface area contributed by atoms with Gasteiger partial charge in [-0.05, 0) is 82.3 Å². The van der Waals surface area contributed by atoms with E-state index < -0.39 is 0 Å². The largest absolute Gasteiger partial charge is 2.00 e. The van der Waals surface area contributed by atoms with Crippen molar-refractivity contribution >= 4 is 52.2 Å². The molecule has 7 aromatic rings. The van der Waals surface area contributed by atoms with Crippen molar-refractivity contribution in [2.45, 2.75) is 6.42 Å². The van der Waals surface area contributed by atoms with Gasteiger partial charge in [0.15, 0.2) is 5.78 Å². The average molecular weight is 739 g/mol. The fourth-order valence-corrected chi connectivity index (χ4v) is 6.60. The first-order chi connectivity index (χ1) is 26.2. The first-order valence-corrected chi connectivity index (χ1v) is 17.2. The van der Waals surface area contributed by atoms with Gasteiger partial charge in [0.25, 0.3) is 0 Å². The normalized spacial score (nSPS) is 11.4. The second kappa shape index (κ2) is 15.0. The van der Waals surface area contributed by atoms with Crippen molar-refractivity contribution in [3.05, 3.63) is 179 Å². The summed E-state index contributed by atoms with van der Waals surface area (Å²) < 4.78 is 0. The van der Waals surface area contributed by atoms with E-state index in [1.165, 1.54) is 0 Å². The van der Waals surface area contributed by atoms with Crippen molar-refractivity contribution in [1.29, 1.82) is 0 Å². The van der Waals surface area contributed by atoms with Gasteiger partial charge in [-0.1, -0.05) is 103 Å². The molecule has 258 valence electrons. The standard InChI is InChI=1S/C46H29N6O.Ni/c53-44(39-16-8-10-28-48-39)29-34-37-21-25-42(51-37)45(30-11-3-1-4-12-30)40-23-19-35(49-40)33(18-17-32-15-7-9-27-47-32)36-20-24-41(50-36)46(31-13-5-2-6-14-31)43-26-22-38(34)52-43;/h1-16,19-28H,29H2,(H-,47,48,49,50,51,52,53);/q-1;+2/p-1. The van der Waals surface area contributed by atoms with Crippen molar-refractivity contribution in [3.8, 4) is 34.1 Å². The maximum Gasteiger partial charge on any atom is 2.00 e. The molecule has 2 aliphatic rings. The van der Waals surface area contributed by atoms with Gasteiger partial charge in [0, 0.05) is 24.4 Å². The van der Waals surface area contributed by atoms with Crippen LogP contribution in [0.2, 0.25) is 0 Å². The number of fused-ring (bicyclic) bond motifs is 8. The van der Waals surface area contributed by atoms with E-state index in [4.69, 9.17) is 19.9 Å². The van der Waals surface area contributed by atoms with Gasteiger partial charge in [-0.2, -0.15) is 0 Å². The molecule has 5 aromatic heterocycles. The number of hydrogen-bond acceptors (Lipinski definition) is 5. The third kappa shape index (κ3) is 6.72. The first kappa shape index (κ1) is 34.2. The van der Waals surface area contributed by atoms with E-state index in [0.29, 0.717) is 44.9 Å². The predicted molar refractivity (Wildman–Crippen MR) is 210 cm³/mol. The Morgan fingerprint density at radius 1 is 0.519 bits per heavy atom. The number of benzene rings is 2. The Bertz CT molecular complexity index is 2780. The number of aromatic nitrogens is 6. The Morgan fingerprint density at radius 2 is 1.06 bits per heavy atom. The number of carbonyl (C=O) groups excluding carboxylic acids is 1. The van der Waals surface area contributed by atoms with Crippen LogP contribution in [-0.2, 0) is 22.9 Å². The number of rotatable bonds is 5. The van der Waals surface area contributed by atoms with E-state index >= 15 is 0 Å². The molecule has 7 nitrogen and oxygen atoms in total. The fourth-order valence-electron chi connectivity index (χ4n) is 6.60. The zero-order valence-corrected chi connectivity index (χ0v) is 29.6. The second-order valence-corrected chi connectivity index (χ2v) is 12.5. The zero-order chi connectivity index (χ0) is 35.6. The fraction of sp³-hybridized carbons (Fsp3) is 0.0217. The van der Waals surface area contributed by atoms with Gasteiger partial charge >= 0.3 is 16.5 Å². The van der Waals surface area contributed by atoms with Gasteiger partial charge in [0.1, 0.15) is 11.4 Å². The summed E-state index contributed by atoms with van der Waals surface area (Å²) in [4.78, 5) is 43.3. The van der Waals surface area contributed by atoms with Gasteiger partial charge in [-0.25, -0.2) is 15.0 Å². The van der Waals surface area contributed by atoms with Gasteiger partial charge in [0.2, 0.25) is 0 Å². The van der Waals surface area contributed by atoms with Gasteiger partial charge in [0.05, 0.1) is 22.8 Å². The number of hydrogen-bond donors (Lipinski definition) is 0. The van der Waals surface area contributed by atoms with Crippen LogP contribution in [0.5, 0.6) is 0 Å². The summed E-state index contributed by atoms with van der Waals surface area (Å²) in [6, 6.07) is 39.1. The molecule has 8 heteroatoms. The minimum absolute atomic E-state index is 0. The van der Waals surface area contributed by atoms with Gasteiger partial charge in [-0.15, -0.1) is 22.1 Å². The van der Waals surface area contributed by atoms with Crippen molar-refractivity contribution in [1.82, 2.24) is 29.9 Å². The number of pyridine rings is 2. The zero-order valence-electron chi connectivity index (χ0n) is 28.6. The molecule has 0 saturated heterocycles. The topological polar surface area (TPSA) is 96.8 Å². The molecule has 0 N–H and O–H groups in total. The smallest absolute Gasteiger partial charge is 0.657 e. The van der Waals surface area contributed by atoms with E-state index in [1.807, 2.05) is 133 Å². The molecule has 2 aromatic carbocycles. The summed E-state index contributed by atoms with van der Waals surface area (Å²) in [6.45, 7) is 0. The number of ketones is 1. The maximum absolute atomic E-state index is 13.7. The monoisotopic (exact) mass is 738 g/mol. The van der Waals surface area contributed by atoms with Crippen LogP contribution in [0, 0.1) is 11.8 Å². The molecule has 0 aliphatic carbocycles. The summed E-state index contributed by atoms with van der Waals surface area (Å²) in [5, 5.41) is 0. The molecule has 0 amide bonds. The molecule has 0 saturated carbocycles. The molecule has 54 heavy (non-hydrogen) atoms. The van der Waals surface area contributed by atoms with Crippen LogP contribution in [0.4, 0.5) is 0 Å². The van der Waals surface area contributed by atoms with Crippen LogP contribution in [0.25, 0.3) is 68.6 Å². The van der Waals surface area contributed by atoms with Crippen LogP contribution >= 0.6 is 0 Å². The number of Topliss-reactive ketones (excluding diaryl/α,β-unsaturated/α-hetero) is 1. The maximum atomic E-state index is 13.7. The van der Waals surface area contributed by atoms with Crippen molar-refractivity contribution in [2.75, 3.05) is 0 Å². The molecule has 7 heterocycles. The van der Waals surface area contributed by atoms with E-state index in [-0.39, 0.29) is 28.7 Å². The summed E-state index contributed by atoms with van der Waals surface area (Å²) >= 11 is 0. The van der Waals surface area contributed by atoms with Crippen molar-refractivity contribution in [2.24, 2.45) is 0 Å². The van der Waals surface area contributed by atoms with Gasteiger partial charge < -0.3 is 9.97 Å². The van der Waals surface area contributed by atoms with Gasteiger partial charge in [-0.3, -0.25) is 9.78 Å². The summed E-state index contributed by atoms with van der Waals surface area (Å²) in [5.74, 6) is 6.48. The van der Waals surface area contributed by atoms with E-state index in [1.54, 1.807) is 24.5 Å². The minimum Gasteiger partial charge on any atom is -0.657 e. The van der Waals surface area contributed by atoms with Crippen LogP contribution in [0.1, 0.15) is 50.1 Å². The Hall–Kier alpha value is -6.94. The Kier molecular flexibility index (Phi) is 9.47. The Labute approximate surface area is 321 Å².